The first-order valence-corrected chi connectivity index (χ1v) is 6.73. The van der Waals surface area contributed by atoms with Crippen LogP contribution in [0.5, 0.6) is 11.5 Å². The van der Waals surface area contributed by atoms with Gasteiger partial charge in [0.25, 0.3) is 5.69 Å². The number of hydrogen-bond donors (Lipinski definition) is 4. The van der Waals surface area contributed by atoms with E-state index in [0.717, 1.165) is 0 Å². The molecule has 0 atom stereocenters. The highest BCUT2D eigenvalue weighted by molar-refractivity contribution is 7.80. The van der Waals surface area contributed by atoms with Crippen molar-refractivity contribution < 1.29 is 15.1 Å². The average Bonchev–Trinajstić information content (AvgIpc) is 2.51. The summed E-state index contributed by atoms with van der Waals surface area (Å²) in [6.45, 7) is 0. The first-order valence-electron chi connectivity index (χ1n) is 6.33. The predicted octanol–water partition coefficient (Wildman–Crippen LogP) is 2.33. The van der Waals surface area contributed by atoms with Crippen molar-refractivity contribution in [3.8, 4) is 11.5 Å². The molecule has 2 aromatic carbocycles. The Morgan fingerprint density at radius 3 is 2.65 bits per heavy atom. The van der Waals surface area contributed by atoms with Crippen molar-refractivity contribution in [2.24, 2.45) is 5.10 Å². The normalized spacial score (nSPS) is 10.4. The van der Waals surface area contributed by atoms with Gasteiger partial charge in [-0.2, -0.15) is 5.10 Å². The second-order valence-corrected chi connectivity index (χ2v) is 4.75. The molecule has 2 aromatic rings. The molecule has 0 aromatic heterocycles. The lowest BCUT2D eigenvalue weighted by molar-refractivity contribution is -0.383. The van der Waals surface area contributed by atoms with Gasteiger partial charge in [-0.3, -0.25) is 15.5 Å². The van der Waals surface area contributed by atoms with Gasteiger partial charge in [0.1, 0.15) is 5.69 Å². The molecule has 0 unspecified atom stereocenters. The fourth-order valence-corrected chi connectivity index (χ4v) is 1.84. The molecule has 4 N–H and O–H groups in total. The molecule has 0 amide bonds. The molecule has 0 saturated carbocycles. The summed E-state index contributed by atoms with van der Waals surface area (Å²) in [6, 6.07) is 10.2. The number of phenols is 2. The molecule has 0 radical (unpaired) electrons. The number of rotatable bonds is 4. The van der Waals surface area contributed by atoms with E-state index in [1.54, 1.807) is 18.2 Å². The Morgan fingerprint density at radius 2 is 1.96 bits per heavy atom. The number of hydrazone groups is 1. The van der Waals surface area contributed by atoms with E-state index in [2.05, 4.69) is 15.8 Å². The van der Waals surface area contributed by atoms with Gasteiger partial charge in [-0.15, -0.1) is 0 Å². The average molecular weight is 332 g/mol. The maximum atomic E-state index is 10.9. The fourth-order valence-electron chi connectivity index (χ4n) is 1.68. The van der Waals surface area contributed by atoms with Crippen LogP contribution in [0.25, 0.3) is 0 Å². The maximum absolute atomic E-state index is 10.9. The number of hydrogen-bond acceptors (Lipinski definition) is 6. The van der Waals surface area contributed by atoms with Gasteiger partial charge in [0.2, 0.25) is 0 Å². The lowest BCUT2D eigenvalue weighted by Crippen LogP contribution is -2.24. The Bertz CT molecular complexity index is 779. The third-order valence-corrected chi connectivity index (χ3v) is 2.92. The molecule has 0 aliphatic carbocycles. The molecule has 8 nitrogen and oxygen atoms in total. The van der Waals surface area contributed by atoms with Gasteiger partial charge in [0.15, 0.2) is 16.6 Å². The van der Waals surface area contributed by atoms with E-state index in [4.69, 9.17) is 12.2 Å². The van der Waals surface area contributed by atoms with Crippen molar-refractivity contribution in [2.75, 3.05) is 5.32 Å². The van der Waals surface area contributed by atoms with E-state index >= 15 is 0 Å². The first kappa shape index (κ1) is 16.2. The second kappa shape index (κ2) is 7.18. The summed E-state index contributed by atoms with van der Waals surface area (Å²) in [5.41, 5.74) is 3.17. The van der Waals surface area contributed by atoms with Crippen LogP contribution in [0, 0.1) is 10.1 Å². The third kappa shape index (κ3) is 4.38. The van der Waals surface area contributed by atoms with Crippen molar-refractivity contribution in [1.29, 1.82) is 0 Å². The summed E-state index contributed by atoms with van der Waals surface area (Å²) >= 11 is 5.00. The quantitative estimate of drug-likeness (QED) is 0.223. The standard InChI is InChI=1S/C14H12N4O4S/c19-12-6-5-9(7-13(12)20)8-15-17-14(23)16-10-3-1-2-4-11(10)18(21)22/h1-8,19-20H,(H2,16,17,23). The minimum atomic E-state index is -0.520. The number of phenolic OH excluding ortho intramolecular Hbond substituents is 2. The lowest BCUT2D eigenvalue weighted by Gasteiger charge is -2.07. The minimum absolute atomic E-state index is 0.0681. The second-order valence-electron chi connectivity index (χ2n) is 4.35. The van der Waals surface area contributed by atoms with Gasteiger partial charge >= 0.3 is 0 Å². The minimum Gasteiger partial charge on any atom is -0.504 e. The van der Waals surface area contributed by atoms with E-state index in [0.29, 0.717) is 5.56 Å². The molecule has 0 heterocycles. The molecular weight excluding hydrogens is 320 g/mol. The number of nitrogens with one attached hydrogen (secondary N) is 2. The van der Waals surface area contributed by atoms with Crippen molar-refractivity contribution in [2.45, 2.75) is 0 Å². The zero-order chi connectivity index (χ0) is 16.8. The Balaban J connectivity index is 1.99. The molecule has 0 spiro atoms. The van der Waals surface area contributed by atoms with Gasteiger partial charge in [-0.05, 0) is 42.0 Å². The van der Waals surface area contributed by atoms with E-state index in [9.17, 15) is 20.3 Å². The van der Waals surface area contributed by atoms with Crippen LogP contribution in [0.3, 0.4) is 0 Å². The van der Waals surface area contributed by atoms with Crippen LogP contribution < -0.4 is 10.7 Å². The molecule has 23 heavy (non-hydrogen) atoms. The number of benzene rings is 2. The summed E-state index contributed by atoms with van der Waals surface area (Å²) in [5.74, 6) is -0.502. The highest BCUT2D eigenvalue weighted by Gasteiger charge is 2.12. The Hall–Kier alpha value is -3.20. The number of anilines is 1. The number of nitrogens with zero attached hydrogens (tertiary/aromatic N) is 2. The number of nitro benzene ring substituents is 1. The Morgan fingerprint density at radius 1 is 1.22 bits per heavy atom. The number of thiocarbonyl (C=S) groups is 1. The van der Waals surface area contributed by atoms with Crippen LogP contribution in [0.2, 0.25) is 0 Å². The summed E-state index contributed by atoms with van der Waals surface area (Å²) < 4.78 is 0. The van der Waals surface area contributed by atoms with Crippen LogP contribution >= 0.6 is 12.2 Å². The third-order valence-electron chi connectivity index (χ3n) is 2.73. The van der Waals surface area contributed by atoms with Gasteiger partial charge in [-0.25, -0.2) is 0 Å². The van der Waals surface area contributed by atoms with Crippen molar-refractivity contribution in [3.05, 3.63) is 58.1 Å². The van der Waals surface area contributed by atoms with Crippen molar-refractivity contribution >= 4 is 34.9 Å². The van der Waals surface area contributed by atoms with Crippen LogP contribution in [0.15, 0.2) is 47.6 Å². The fraction of sp³-hybridized carbons (Fsp3) is 0. The summed E-state index contributed by atoms with van der Waals surface area (Å²) in [5, 5.41) is 36.0. The van der Waals surface area contributed by atoms with Crippen molar-refractivity contribution in [3.63, 3.8) is 0 Å². The van der Waals surface area contributed by atoms with E-state index in [1.165, 1.54) is 30.5 Å². The van der Waals surface area contributed by atoms with Crippen LogP contribution in [-0.4, -0.2) is 26.5 Å². The van der Waals surface area contributed by atoms with Gasteiger partial charge < -0.3 is 15.5 Å². The summed E-state index contributed by atoms with van der Waals surface area (Å²) in [4.78, 5) is 10.4. The van der Waals surface area contributed by atoms with Gasteiger partial charge in [-0.1, -0.05) is 12.1 Å². The smallest absolute Gasteiger partial charge is 0.292 e. The molecule has 0 saturated heterocycles. The van der Waals surface area contributed by atoms with E-state index < -0.39 is 4.92 Å². The van der Waals surface area contributed by atoms with Gasteiger partial charge in [0, 0.05) is 6.07 Å². The molecule has 0 bridgehead atoms. The topological polar surface area (TPSA) is 120 Å². The molecule has 0 fully saturated rings. The number of aromatic hydroxyl groups is 2. The predicted molar refractivity (Wildman–Crippen MR) is 89.8 cm³/mol. The van der Waals surface area contributed by atoms with Crippen LogP contribution in [-0.2, 0) is 0 Å². The summed E-state index contributed by atoms with van der Waals surface area (Å²) in [7, 11) is 0. The molecule has 9 heteroatoms. The Labute approximate surface area is 136 Å². The molecule has 118 valence electrons. The summed E-state index contributed by atoms with van der Waals surface area (Å²) in [6.07, 6.45) is 1.37. The molecule has 0 aliphatic rings. The van der Waals surface area contributed by atoms with E-state index in [-0.39, 0.29) is 28.0 Å². The van der Waals surface area contributed by atoms with Crippen molar-refractivity contribution in [1.82, 2.24) is 5.43 Å². The lowest BCUT2D eigenvalue weighted by atomic mass is 10.2. The number of para-hydroxylation sites is 2. The first-order chi connectivity index (χ1) is 11.0. The highest BCUT2D eigenvalue weighted by atomic mass is 32.1. The zero-order valence-corrected chi connectivity index (χ0v) is 12.4. The van der Waals surface area contributed by atoms with Gasteiger partial charge in [0.05, 0.1) is 11.1 Å². The maximum Gasteiger partial charge on any atom is 0.292 e. The zero-order valence-electron chi connectivity index (χ0n) is 11.6. The Kier molecular flexibility index (Phi) is 5.05. The monoisotopic (exact) mass is 332 g/mol. The molecule has 0 aliphatic heterocycles. The largest absolute Gasteiger partial charge is 0.504 e. The SMILES string of the molecule is O=[N+]([O-])c1ccccc1NC(=S)NN=Cc1ccc(O)c(O)c1. The molecular formula is C14H12N4O4S. The van der Waals surface area contributed by atoms with E-state index in [1.807, 2.05) is 0 Å². The van der Waals surface area contributed by atoms with Crippen LogP contribution in [0.1, 0.15) is 5.56 Å². The van der Waals surface area contributed by atoms with Crippen LogP contribution in [0.4, 0.5) is 11.4 Å². The number of nitro groups is 1. The highest BCUT2D eigenvalue weighted by Crippen LogP contribution is 2.24. The molecule has 2 rings (SSSR count).